The molecule has 0 aliphatic rings. The van der Waals surface area contributed by atoms with E-state index in [2.05, 4.69) is 27.3 Å². The molecule has 96 valence electrons. The molecule has 6 heteroatoms. The van der Waals surface area contributed by atoms with Crippen LogP contribution < -0.4 is 5.32 Å². The van der Waals surface area contributed by atoms with Crippen LogP contribution >= 0.6 is 11.8 Å². The minimum absolute atomic E-state index is 0.820. The van der Waals surface area contributed by atoms with Gasteiger partial charge in [0.1, 0.15) is 15.9 Å². The van der Waals surface area contributed by atoms with Crippen LogP contribution in [0.25, 0.3) is 0 Å². The van der Waals surface area contributed by atoms with Crippen molar-refractivity contribution >= 4 is 17.6 Å². The minimum Gasteiger partial charge on any atom is -0.369 e. The van der Waals surface area contributed by atoms with Crippen LogP contribution in [0.3, 0.4) is 0 Å². The second-order valence-corrected chi connectivity index (χ2v) is 5.06. The molecule has 0 spiro atoms. The van der Waals surface area contributed by atoms with Gasteiger partial charge in [-0.05, 0) is 31.2 Å². The molecule has 0 fully saturated rings. The van der Waals surface area contributed by atoms with Crippen molar-refractivity contribution in [3.63, 3.8) is 0 Å². The summed E-state index contributed by atoms with van der Waals surface area (Å²) in [6.45, 7) is 5.01. The molecule has 0 radical (unpaired) electrons. The Bertz CT molecular complexity index is 523. The Kier molecular flexibility index (Phi) is 4.19. The fourth-order valence-electron chi connectivity index (χ4n) is 1.53. The number of nitrogens with one attached hydrogen (secondary N) is 1. The Hall–Kier alpha value is -1.56. The predicted molar refractivity (Wildman–Crippen MR) is 72.9 cm³/mol. The second kappa shape index (κ2) is 5.86. The summed E-state index contributed by atoms with van der Waals surface area (Å²) in [6, 6.07) is 2.04. The molecule has 2 heterocycles. The Balaban J connectivity index is 2.11. The number of anilines is 1. The van der Waals surface area contributed by atoms with Crippen LogP contribution in [0.15, 0.2) is 28.5 Å². The Morgan fingerprint density at radius 3 is 2.89 bits per heavy atom. The van der Waals surface area contributed by atoms with Gasteiger partial charge in [-0.1, -0.05) is 6.92 Å². The molecule has 0 unspecified atom stereocenters. The average Bonchev–Trinajstić information content (AvgIpc) is 2.66. The first-order valence-corrected chi connectivity index (χ1v) is 6.75. The molecule has 0 atom stereocenters. The Morgan fingerprint density at radius 2 is 2.22 bits per heavy atom. The van der Waals surface area contributed by atoms with Crippen LogP contribution in [0.5, 0.6) is 0 Å². The molecule has 18 heavy (non-hydrogen) atoms. The Labute approximate surface area is 111 Å². The van der Waals surface area contributed by atoms with Crippen molar-refractivity contribution in [2.45, 2.75) is 30.3 Å². The molecule has 2 aromatic heterocycles. The number of hydrogen-bond acceptors (Lipinski definition) is 5. The minimum atomic E-state index is 0.820. The zero-order chi connectivity index (χ0) is 13.0. The third-order valence-corrected chi connectivity index (χ3v) is 3.33. The maximum absolute atomic E-state index is 4.50. The average molecular weight is 263 g/mol. The molecular weight excluding hydrogens is 246 g/mol. The summed E-state index contributed by atoms with van der Waals surface area (Å²) in [5.74, 6) is 0.820. The van der Waals surface area contributed by atoms with Gasteiger partial charge in [-0.3, -0.25) is 9.67 Å². The van der Waals surface area contributed by atoms with Gasteiger partial charge in [0.25, 0.3) is 0 Å². The van der Waals surface area contributed by atoms with Crippen LogP contribution in [0.1, 0.15) is 19.0 Å². The normalized spacial score (nSPS) is 10.6. The molecule has 2 aromatic rings. The van der Waals surface area contributed by atoms with Crippen molar-refractivity contribution in [1.82, 2.24) is 19.7 Å². The van der Waals surface area contributed by atoms with Crippen molar-refractivity contribution in [2.75, 3.05) is 11.9 Å². The van der Waals surface area contributed by atoms with E-state index in [-0.39, 0.29) is 0 Å². The molecular formula is C12H17N5S. The zero-order valence-electron chi connectivity index (χ0n) is 10.8. The summed E-state index contributed by atoms with van der Waals surface area (Å²) in [6.07, 6.45) is 4.58. The lowest BCUT2D eigenvalue weighted by molar-refractivity contribution is 0.692. The van der Waals surface area contributed by atoms with E-state index in [1.54, 1.807) is 24.2 Å². The SMILES string of the molecule is CCCNc1cncc(Sc2cc(C)nn2C)n1. The van der Waals surface area contributed by atoms with E-state index in [4.69, 9.17) is 0 Å². The monoisotopic (exact) mass is 263 g/mol. The number of rotatable bonds is 5. The van der Waals surface area contributed by atoms with Gasteiger partial charge >= 0.3 is 0 Å². The highest BCUT2D eigenvalue weighted by atomic mass is 32.2. The first-order valence-electron chi connectivity index (χ1n) is 5.93. The number of nitrogens with zero attached hydrogens (tertiary/aromatic N) is 4. The standard InChI is InChI=1S/C12H17N5S/c1-4-5-14-10-7-13-8-11(15-10)18-12-6-9(2)16-17(12)3/h6-8H,4-5H2,1-3H3,(H,14,15). The summed E-state index contributed by atoms with van der Waals surface area (Å²) in [7, 11) is 1.93. The van der Waals surface area contributed by atoms with Gasteiger partial charge in [0.15, 0.2) is 0 Å². The van der Waals surface area contributed by atoms with E-state index in [1.165, 1.54) is 0 Å². The summed E-state index contributed by atoms with van der Waals surface area (Å²) in [5, 5.41) is 9.48. The first kappa shape index (κ1) is 12.9. The molecule has 0 saturated carbocycles. The predicted octanol–water partition coefficient (Wildman–Crippen LogP) is 2.49. The van der Waals surface area contributed by atoms with Crippen LogP contribution in [0.4, 0.5) is 5.82 Å². The van der Waals surface area contributed by atoms with Gasteiger partial charge in [0.05, 0.1) is 18.1 Å². The molecule has 0 aromatic carbocycles. The van der Waals surface area contributed by atoms with Crippen LogP contribution in [0.2, 0.25) is 0 Å². The largest absolute Gasteiger partial charge is 0.369 e. The lowest BCUT2D eigenvalue weighted by Gasteiger charge is -2.05. The van der Waals surface area contributed by atoms with Crippen LogP contribution in [0, 0.1) is 6.92 Å². The van der Waals surface area contributed by atoms with Crippen molar-refractivity contribution in [2.24, 2.45) is 7.05 Å². The third kappa shape index (κ3) is 3.22. The van der Waals surface area contributed by atoms with Gasteiger partial charge in [0, 0.05) is 13.6 Å². The van der Waals surface area contributed by atoms with Gasteiger partial charge in [-0.15, -0.1) is 0 Å². The van der Waals surface area contributed by atoms with Gasteiger partial charge in [-0.25, -0.2) is 4.98 Å². The topological polar surface area (TPSA) is 55.6 Å². The zero-order valence-corrected chi connectivity index (χ0v) is 11.7. The fourth-order valence-corrected chi connectivity index (χ4v) is 2.40. The molecule has 0 saturated heterocycles. The highest BCUT2D eigenvalue weighted by Gasteiger charge is 2.06. The highest BCUT2D eigenvalue weighted by Crippen LogP contribution is 2.26. The van der Waals surface area contributed by atoms with E-state index in [1.807, 2.05) is 24.7 Å². The van der Waals surface area contributed by atoms with Crippen LogP contribution in [-0.2, 0) is 7.05 Å². The van der Waals surface area contributed by atoms with Gasteiger partial charge in [-0.2, -0.15) is 5.10 Å². The quantitative estimate of drug-likeness (QED) is 0.898. The fraction of sp³-hybridized carbons (Fsp3) is 0.417. The van der Waals surface area contributed by atoms with E-state index < -0.39 is 0 Å². The van der Waals surface area contributed by atoms with E-state index in [9.17, 15) is 0 Å². The van der Waals surface area contributed by atoms with E-state index in [0.29, 0.717) is 0 Å². The lowest BCUT2D eigenvalue weighted by atomic mass is 10.5. The maximum Gasteiger partial charge on any atom is 0.145 e. The Morgan fingerprint density at radius 1 is 1.39 bits per heavy atom. The van der Waals surface area contributed by atoms with Crippen molar-refractivity contribution in [1.29, 1.82) is 0 Å². The molecule has 0 bridgehead atoms. The van der Waals surface area contributed by atoms with Crippen molar-refractivity contribution in [3.8, 4) is 0 Å². The molecule has 5 nitrogen and oxygen atoms in total. The molecule has 1 N–H and O–H groups in total. The summed E-state index contributed by atoms with van der Waals surface area (Å²) in [4.78, 5) is 8.70. The van der Waals surface area contributed by atoms with E-state index >= 15 is 0 Å². The number of aryl methyl sites for hydroxylation is 2. The molecule has 2 rings (SSSR count). The van der Waals surface area contributed by atoms with Crippen molar-refractivity contribution < 1.29 is 0 Å². The van der Waals surface area contributed by atoms with Crippen LogP contribution in [-0.4, -0.2) is 26.3 Å². The first-order chi connectivity index (χ1) is 8.69. The molecule has 0 amide bonds. The molecule has 0 aliphatic heterocycles. The summed E-state index contributed by atoms with van der Waals surface area (Å²) >= 11 is 1.57. The van der Waals surface area contributed by atoms with E-state index in [0.717, 1.165) is 34.5 Å². The smallest absolute Gasteiger partial charge is 0.145 e. The number of hydrogen-bond donors (Lipinski definition) is 1. The molecule has 0 aliphatic carbocycles. The summed E-state index contributed by atoms with van der Waals surface area (Å²) in [5.41, 5.74) is 1.01. The third-order valence-electron chi connectivity index (χ3n) is 2.34. The maximum atomic E-state index is 4.50. The van der Waals surface area contributed by atoms with Gasteiger partial charge < -0.3 is 5.32 Å². The highest BCUT2D eigenvalue weighted by molar-refractivity contribution is 7.99. The lowest BCUT2D eigenvalue weighted by Crippen LogP contribution is -2.02. The second-order valence-electron chi connectivity index (χ2n) is 4.02. The summed E-state index contributed by atoms with van der Waals surface area (Å²) < 4.78 is 1.85. The van der Waals surface area contributed by atoms with Gasteiger partial charge in [0.2, 0.25) is 0 Å². The van der Waals surface area contributed by atoms with Crippen molar-refractivity contribution in [3.05, 3.63) is 24.2 Å². The number of aromatic nitrogens is 4.